The molecule has 1 aromatic carbocycles. The molecule has 0 heterocycles. The van der Waals surface area contributed by atoms with Crippen LogP contribution >= 0.6 is 11.6 Å². The third-order valence-corrected chi connectivity index (χ3v) is 3.64. The molecular weight excluding hydrogens is 286 g/mol. The van der Waals surface area contributed by atoms with Crippen LogP contribution < -0.4 is 15.5 Å². The minimum atomic E-state index is -0.0788. The first-order chi connectivity index (χ1) is 9.85. The van der Waals surface area contributed by atoms with E-state index in [-0.39, 0.29) is 11.8 Å². The summed E-state index contributed by atoms with van der Waals surface area (Å²) >= 11 is 6.12. The summed E-state index contributed by atoms with van der Waals surface area (Å²) in [6, 6.07) is 6.31. The van der Waals surface area contributed by atoms with Gasteiger partial charge in [0.15, 0.2) is 0 Å². The Balaban J connectivity index is 2.88. The van der Waals surface area contributed by atoms with E-state index in [1.807, 2.05) is 32.2 Å². The molecule has 118 valence electrons. The first-order valence-corrected chi connectivity index (χ1v) is 7.67. The van der Waals surface area contributed by atoms with E-state index in [4.69, 9.17) is 11.6 Å². The zero-order valence-corrected chi connectivity index (χ0v) is 14.3. The van der Waals surface area contributed by atoms with Gasteiger partial charge in [0.25, 0.3) is 0 Å². The maximum Gasteiger partial charge on any atom is 0.224 e. The third-order valence-electron chi connectivity index (χ3n) is 3.40. The van der Waals surface area contributed by atoms with E-state index in [9.17, 15) is 4.79 Å². The van der Waals surface area contributed by atoms with Crippen LogP contribution in [0.2, 0.25) is 5.02 Å². The molecule has 0 aliphatic heterocycles. The molecule has 0 aromatic heterocycles. The Morgan fingerprint density at radius 1 is 1.33 bits per heavy atom. The summed E-state index contributed by atoms with van der Waals surface area (Å²) in [6.45, 7) is 7.59. The number of nitrogens with one attached hydrogen (secondary N) is 2. The fourth-order valence-electron chi connectivity index (χ4n) is 2.19. The largest absolute Gasteiger partial charge is 0.374 e. The number of benzene rings is 1. The van der Waals surface area contributed by atoms with Gasteiger partial charge in [0.2, 0.25) is 5.91 Å². The number of hydrogen-bond acceptors (Lipinski definition) is 3. The lowest BCUT2D eigenvalue weighted by Crippen LogP contribution is -2.35. The Morgan fingerprint density at radius 2 is 2.00 bits per heavy atom. The molecule has 0 bridgehead atoms. The molecule has 0 fully saturated rings. The van der Waals surface area contributed by atoms with E-state index in [0.29, 0.717) is 17.6 Å². The van der Waals surface area contributed by atoms with Crippen molar-refractivity contribution in [2.45, 2.75) is 33.4 Å². The maximum atomic E-state index is 11.7. The SMILES string of the molecule is CNC(=O)C(C)CN(C)c1cc(Cl)ccc1CNC(C)C. The number of hydrogen-bond donors (Lipinski definition) is 2. The number of carbonyl (C=O) groups is 1. The van der Waals surface area contributed by atoms with Gasteiger partial charge < -0.3 is 15.5 Å². The number of anilines is 1. The zero-order valence-electron chi connectivity index (χ0n) is 13.5. The predicted octanol–water partition coefficient (Wildman–Crippen LogP) is 2.66. The smallest absolute Gasteiger partial charge is 0.224 e. The molecule has 21 heavy (non-hydrogen) atoms. The molecule has 1 atom stereocenters. The number of halogens is 1. The van der Waals surface area contributed by atoms with Crippen molar-refractivity contribution in [3.63, 3.8) is 0 Å². The molecule has 0 aliphatic carbocycles. The van der Waals surface area contributed by atoms with Crippen molar-refractivity contribution in [1.29, 1.82) is 0 Å². The molecule has 0 saturated carbocycles. The molecule has 0 aliphatic rings. The second-order valence-corrected chi connectivity index (χ2v) is 6.14. The standard InChI is InChI=1S/C16H26ClN3O/c1-11(2)19-9-13-6-7-14(17)8-15(13)20(5)10-12(3)16(21)18-4/h6-8,11-12,19H,9-10H2,1-5H3,(H,18,21). The van der Waals surface area contributed by atoms with Crippen LogP contribution in [0.1, 0.15) is 26.3 Å². The lowest BCUT2D eigenvalue weighted by atomic mass is 10.1. The first-order valence-electron chi connectivity index (χ1n) is 7.29. The fraction of sp³-hybridized carbons (Fsp3) is 0.562. The van der Waals surface area contributed by atoms with Crippen LogP contribution in [0.3, 0.4) is 0 Å². The summed E-state index contributed by atoms with van der Waals surface area (Å²) in [4.78, 5) is 13.8. The molecule has 5 heteroatoms. The molecule has 1 unspecified atom stereocenters. The van der Waals surface area contributed by atoms with Crippen LogP contribution in [0.15, 0.2) is 18.2 Å². The van der Waals surface area contributed by atoms with Crippen molar-refractivity contribution in [2.75, 3.05) is 25.5 Å². The quantitative estimate of drug-likeness (QED) is 0.813. The maximum absolute atomic E-state index is 11.7. The van der Waals surface area contributed by atoms with Gasteiger partial charge in [0, 0.05) is 43.9 Å². The van der Waals surface area contributed by atoms with Gasteiger partial charge in [-0.25, -0.2) is 0 Å². The van der Waals surface area contributed by atoms with E-state index < -0.39 is 0 Å². The van der Waals surface area contributed by atoms with E-state index in [1.54, 1.807) is 7.05 Å². The van der Waals surface area contributed by atoms with E-state index in [1.165, 1.54) is 5.56 Å². The first kappa shape index (κ1) is 17.8. The molecular formula is C16H26ClN3O. The average molecular weight is 312 g/mol. The number of rotatable bonds is 7. The predicted molar refractivity (Wildman–Crippen MR) is 89.9 cm³/mol. The highest BCUT2D eigenvalue weighted by molar-refractivity contribution is 6.30. The van der Waals surface area contributed by atoms with Crippen molar-refractivity contribution in [3.05, 3.63) is 28.8 Å². The molecule has 1 rings (SSSR count). The monoisotopic (exact) mass is 311 g/mol. The van der Waals surface area contributed by atoms with Gasteiger partial charge in [0.1, 0.15) is 0 Å². The van der Waals surface area contributed by atoms with Gasteiger partial charge in [-0.05, 0) is 17.7 Å². The molecule has 1 amide bonds. The van der Waals surface area contributed by atoms with Crippen LogP contribution in [0.4, 0.5) is 5.69 Å². The number of nitrogens with zero attached hydrogens (tertiary/aromatic N) is 1. The van der Waals surface area contributed by atoms with Crippen LogP contribution in [-0.2, 0) is 11.3 Å². The molecule has 0 radical (unpaired) electrons. The third kappa shape index (κ3) is 5.56. The van der Waals surface area contributed by atoms with Gasteiger partial charge in [-0.3, -0.25) is 4.79 Å². The summed E-state index contributed by atoms with van der Waals surface area (Å²) in [5.74, 6) is -0.0318. The highest BCUT2D eigenvalue weighted by atomic mass is 35.5. The summed E-state index contributed by atoms with van der Waals surface area (Å²) in [6.07, 6.45) is 0. The van der Waals surface area contributed by atoms with Crippen molar-refractivity contribution in [3.8, 4) is 0 Å². The van der Waals surface area contributed by atoms with Crippen molar-refractivity contribution in [1.82, 2.24) is 10.6 Å². The normalized spacial score (nSPS) is 12.3. The van der Waals surface area contributed by atoms with Gasteiger partial charge in [-0.1, -0.05) is 38.4 Å². The van der Waals surface area contributed by atoms with Crippen molar-refractivity contribution < 1.29 is 4.79 Å². The minimum absolute atomic E-state index is 0.0470. The van der Waals surface area contributed by atoms with Crippen LogP contribution in [0.25, 0.3) is 0 Å². The molecule has 0 spiro atoms. The lowest BCUT2D eigenvalue weighted by Gasteiger charge is -2.26. The summed E-state index contributed by atoms with van der Waals surface area (Å²) in [5, 5.41) is 6.80. The fourth-order valence-corrected chi connectivity index (χ4v) is 2.36. The second-order valence-electron chi connectivity index (χ2n) is 5.70. The van der Waals surface area contributed by atoms with Crippen LogP contribution in [-0.4, -0.2) is 32.6 Å². The molecule has 0 saturated heterocycles. The Hall–Kier alpha value is -1.26. The van der Waals surface area contributed by atoms with E-state index in [2.05, 4.69) is 29.4 Å². The second kappa shape index (κ2) is 8.25. The highest BCUT2D eigenvalue weighted by Crippen LogP contribution is 2.25. The molecule has 4 nitrogen and oxygen atoms in total. The van der Waals surface area contributed by atoms with E-state index in [0.717, 1.165) is 12.2 Å². The Labute approximate surface area is 132 Å². The van der Waals surface area contributed by atoms with Gasteiger partial charge >= 0.3 is 0 Å². The van der Waals surface area contributed by atoms with E-state index >= 15 is 0 Å². The number of carbonyl (C=O) groups excluding carboxylic acids is 1. The topological polar surface area (TPSA) is 44.4 Å². The van der Waals surface area contributed by atoms with Gasteiger partial charge in [-0.2, -0.15) is 0 Å². The Bertz CT molecular complexity index is 477. The van der Waals surface area contributed by atoms with Crippen LogP contribution in [0, 0.1) is 5.92 Å². The van der Waals surface area contributed by atoms with Crippen LogP contribution in [0.5, 0.6) is 0 Å². The van der Waals surface area contributed by atoms with Crippen molar-refractivity contribution in [2.24, 2.45) is 5.92 Å². The van der Waals surface area contributed by atoms with Gasteiger partial charge in [-0.15, -0.1) is 0 Å². The average Bonchev–Trinajstić information content (AvgIpc) is 2.44. The van der Waals surface area contributed by atoms with Crippen molar-refractivity contribution >= 4 is 23.2 Å². The van der Waals surface area contributed by atoms with Gasteiger partial charge in [0.05, 0.1) is 5.92 Å². The Morgan fingerprint density at radius 3 is 2.57 bits per heavy atom. The molecule has 2 N–H and O–H groups in total. The summed E-state index contributed by atoms with van der Waals surface area (Å²) in [7, 11) is 3.65. The summed E-state index contributed by atoms with van der Waals surface area (Å²) < 4.78 is 0. The zero-order chi connectivity index (χ0) is 16.0. The highest BCUT2D eigenvalue weighted by Gasteiger charge is 2.16. The minimum Gasteiger partial charge on any atom is -0.374 e. The lowest BCUT2D eigenvalue weighted by molar-refractivity contribution is -0.123. The number of amides is 1. The molecule has 1 aromatic rings. The Kier molecular flexibility index (Phi) is 6.99. The summed E-state index contributed by atoms with van der Waals surface area (Å²) in [5.41, 5.74) is 2.24.